The Bertz CT molecular complexity index is 309. The van der Waals surface area contributed by atoms with Gasteiger partial charge in [0, 0.05) is 14.5 Å². The predicted octanol–water partition coefficient (Wildman–Crippen LogP) is 4.14. The van der Waals surface area contributed by atoms with Crippen LogP contribution in [0, 0.1) is 6.92 Å². The van der Waals surface area contributed by atoms with E-state index in [2.05, 4.69) is 50.9 Å². The van der Waals surface area contributed by atoms with E-state index in [1.807, 2.05) is 6.08 Å². The number of benzene rings is 1. The Hall–Kier alpha value is -0.280. The van der Waals surface area contributed by atoms with Crippen LogP contribution in [0.2, 0.25) is 0 Å². The summed E-state index contributed by atoms with van der Waals surface area (Å²) in [6, 6.07) is 4.14. The van der Waals surface area contributed by atoms with Crippen LogP contribution in [0.15, 0.2) is 27.3 Å². The maximum atomic E-state index is 4.86. The van der Waals surface area contributed by atoms with Crippen molar-refractivity contribution >= 4 is 37.9 Å². The average molecular weight is 306 g/mol. The summed E-state index contributed by atoms with van der Waals surface area (Å²) in [6.45, 7) is 2.05. The molecular weight excluding hydrogens is 296 g/mol. The minimum atomic E-state index is 1.06. The Kier molecular flexibility index (Phi) is 4.00. The van der Waals surface area contributed by atoms with E-state index in [4.69, 9.17) is 4.74 Å². The minimum absolute atomic E-state index is 1.06. The summed E-state index contributed by atoms with van der Waals surface area (Å²) in [4.78, 5) is 0. The lowest BCUT2D eigenvalue weighted by Gasteiger charge is -2.03. The number of hydrogen-bond acceptors (Lipinski definition) is 1. The molecule has 1 aromatic carbocycles. The molecule has 0 spiro atoms. The number of rotatable bonds is 2. The molecule has 0 aromatic heterocycles. The number of aryl methyl sites for hydroxylation is 1. The van der Waals surface area contributed by atoms with Crippen molar-refractivity contribution in [1.82, 2.24) is 0 Å². The van der Waals surface area contributed by atoms with Crippen LogP contribution in [0.4, 0.5) is 0 Å². The maximum absolute atomic E-state index is 4.86. The SMILES string of the molecule is COC=Cc1c(Br)cc(C)cc1Br. The third-order valence-corrected chi connectivity index (χ3v) is 2.91. The summed E-state index contributed by atoms with van der Waals surface area (Å²) in [6.07, 6.45) is 3.56. The van der Waals surface area contributed by atoms with Crippen LogP contribution in [-0.2, 0) is 4.74 Å². The molecule has 70 valence electrons. The van der Waals surface area contributed by atoms with E-state index in [9.17, 15) is 0 Å². The number of halogens is 2. The van der Waals surface area contributed by atoms with Crippen molar-refractivity contribution in [2.75, 3.05) is 7.11 Å². The van der Waals surface area contributed by atoms with Crippen molar-refractivity contribution in [1.29, 1.82) is 0 Å². The highest BCUT2D eigenvalue weighted by Crippen LogP contribution is 2.28. The van der Waals surface area contributed by atoms with Crippen molar-refractivity contribution in [3.8, 4) is 0 Å². The molecule has 13 heavy (non-hydrogen) atoms. The lowest BCUT2D eigenvalue weighted by molar-refractivity contribution is 0.341. The van der Waals surface area contributed by atoms with E-state index < -0.39 is 0 Å². The van der Waals surface area contributed by atoms with Crippen molar-refractivity contribution in [3.63, 3.8) is 0 Å². The molecule has 0 radical (unpaired) electrons. The second kappa shape index (κ2) is 4.82. The van der Waals surface area contributed by atoms with Crippen molar-refractivity contribution in [2.24, 2.45) is 0 Å². The van der Waals surface area contributed by atoms with Crippen LogP contribution in [0.1, 0.15) is 11.1 Å². The fourth-order valence-electron chi connectivity index (χ4n) is 1.01. The zero-order valence-corrected chi connectivity index (χ0v) is 10.6. The highest BCUT2D eigenvalue weighted by atomic mass is 79.9. The van der Waals surface area contributed by atoms with Crippen LogP contribution in [-0.4, -0.2) is 7.11 Å². The monoisotopic (exact) mass is 304 g/mol. The zero-order chi connectivity index (χ0) is 9.84. The zero-order valence-electron chi connectivity index (χ0n) is 7.47. The van der Waals surface area contributed by atoms with E-state index in [-0.39, 0.29) is 0 Å². The predicted molar refractivity (Wildman–Crippen MR) is 62.6 cm³/mol. The molecule has 0 aliphatic carbocycles. The fourth-order valence-corrected chi connectivity index (χ4v) is 2.69. The van der Waals surface area contributed by atoms with Gasteiger partial charge in [-0.25, -0.2) is 0 Å². The smallest absolute Gasteiger partial charge is 0.0831 e. The molecule has 0 unspecified atom stereocenters. The van der Waals surface area contributed by atoms with Gasteiger partial charge < -0.3 is 4.74 Å². The molecule has 0 heterocycles. The van der Waals surface area contributed by atoms with Gasteiger partial charge in [-0.3, -0.25) is 0 Å². The van der Waals surface area contributed by atoms with E-state index in [1.54, 1.807) is 13.4 Å². The first-order valence-electron chi connectivity index (χ1n) is 3.80. The molecule has 0 aliphatic rings. The van der Waals surface area contributed by atoms with Gasteiger partial charge >= 0.3 is 0 Å². The van der Waals surface area contributed by atoms with Gasteiger partial charge in [0.25, 0.3) is 0 Å². The highest BCUT2D eigenvalue weighted by Gasteiger charge is 2.02. The normalized spacial score (nSPS) is 10.8. The molecule has 0 bridgehead atoms. The van der Waals surface area contributed by atoms with Gasteiger partial charge in [0.05, 0.1) is 13.4 Å². The largest absolute Gasteiger partial charge is 0.504 e. The van der Waals surface area contributed by atoms with Crippen LogP contribution in [0.25, 0.3) is 6.08 Å². The first kappa shape index (κ1) is 10.8. The molecule has 0 fully saturated rings. The first-order chi connectivity index (χ1) is 6.15. The molecule has 0 N–H and O–H groups in total. The van der Waals surface area contributed by atoms with E-state index >= 15 is 0 Å². The Labute approximate surface area is 95.1 Å². The van der Waals surface area contributed by atoms with Gasteiger partial charge in [-0.2, -0.15) is 0 Å². The summed E-state index contributed by atoms with van der Waals surface area (Å²) in [7, 11) is 1.63. The third kappa shape index (κ3) is 2.85. The molecule has 0 aliphatic heterocycles. The molecule has 0 saturated carbocycles. The van der Waals surface area contributed by atoms with Gasteiger partial charge in [-0.15, -0.1) is 0 Å². The standard InChI is InChI=1S/C10H10Br2O/c1-7-5-9(11)8(3-4-13-2)10(12)6-7/h3-6H,1-2H3. The Morgan fingerprint density at radius 1 is 1.23 bits per heavy atom. The van der Waals surface area contributed by atoms with Gasteiger partial charge in [0.1, 0.15) is 0 Å². The number of hydrogen-bond donors (Lipinski definition) is 0. The van der Waals surface area contributed by atoms with Gasteiger partial charge in [-0.05, 0) is 30.7 Å². The fraction of sp³-hybridized carbons (Fsp3) is 0.200. The van der Waals surface area contributed by atoms with Crippen LogP contribution in [0.5, 0.6) is 0 Å². The molecular formula is C10H10Br2O. The maximum Gasteiger partial charge on any atom is 0.0831 e. The Morgan fingerprint density at radius 2 is 1.77 bits per heavy atom. The molecule has 0 saturated heterocycles. The van der Waals surface area contributed by atoms with Gasteiger partial charge in [0.15, 0.2) is 0 Å². The highest BCUT2D eigenvalue weighted by molar-refractivity contribution is 9.11. The van der Waals surface area contributed by atoms with Crippen molar-refractivity contribution < 1.29 is 4.74 Å². The molecule has 3 heteroatoms. The van der Waals surface area contributed by atoms with Crippen LogP contribution in [0.3, 0.4) is 0 Å². The second-order valence-corrected chi connectivity index (χ2v) is 4.39. The van der Waals surface area contributed by atoms with E-state index in [1.165, 1.54) is 5.56 Å². The molecule has 1 aromatic rings. The van der Waals surface area contributed by atoms with Crippen molar-refractivity contribution in [2.45, 2.75) is 6.92 Å². The van der Waals surface area contributed by atoms with Gasteiger partial charge in [0.2, 0.25) is 0 Å². The lowest BCUT2D eigenvalue weighted by atomic mass is 10.1. The van der Waals surface area contributed by atoms with Crippen LogP contribution >= 0.6 is 31.9 Å². The summed E-state index contributed by atoms with van der Waals surface area (Å²) in [5.41, 5.74) is 2.31. The molecule has 1 nitrogen and oxygen atoms in total. The Morgan fingerprint density at radius 3 is 2.23 bits per heavy atom. The van der Waals surface area contributed by atoms with Crippen LogP contribution < -0.4 is 0 Å². The summed E-state index contributed by atoms with van der Waals surface area (Å²) in [5, 5.41) is 0. The van der Waals surface area contributed by atoms with Gasteiger partial charge in [-0.1, -0.05) is 31.9 Å². The minimum Gasteiger partial charge on any atom is -0.504 e. The number of methoxy groups -OCH3 is 1. The van der Waals surface area contributed by atoms with E-state index in [0.717, 1.165) is 14.5 Å². The Balaban J connectivity index is 3.13. The molecule has 0 amide bonds. The second-order valence-electron chi connectivity index (χ2n) is 2.68. The molecule has 0 atom stereocenters. The molecule has 1 rings (SSSR count). The van der Waals surface area contributed by atoms with Crippen molar-refractivity contribution in [3.05, 3.63) is 38.5 Å². The summed E-state index contributed by atoms with van der Waals surface area (Å²) in [5.74, 6) is 0. The topological polar surface area (TPSA) is 9.23 Å². The summed E-state index contributed by atoms with van der Waals surface area (Å²) < 4.78 is 6.99. The first-order valence-corrected chi connectivity index (χ1v) is 5.38. The van der Waals surface area contributed by atoms with E-state index in [0.29, 0.717) is 0 Å². The number of ether oxygens (including phenoxy) is 1. The third-order valence-electron chi connectivity index (χ3n) is 1.59. The lowest BCUT2D eigenvalue weighted by Crippen LogP contribution is -1.82. The quantitative estimate of drug-likeness (QED) is 0.746. The average Bonchev–Trinajstić information content (AvgIpc) is 2.02. The summed E-state index contributed by atoms with van der Waals surface area (Å²) >= 11 is 6.98.